The number of benzene rings is 3. The fraction of sp³-hybridized carbons (Fsp3) is 0.0800. The van der Waals surface area contributed by atoms with Crippen molar-refractivity contribution in [2.75, 3.05) is 0 Å². The first-order chi connectivity index (χ1) is 14.8. The number of hydrogen-bond acceptors (Lipinski definition) is 4. The third-order valence-electron chi connectivity index (χ3n) is 5.02. The van der Waals surface area contributed by atoms with Crippen LogP contribution >= 0.6 is 0 Å². The van der Waals surface area contributed by atoms with E-state index in [1.165, 1.54) is 0 Å². The lowest BCUT2D eigenvalue weighted by molar-refractivity contribution is -0.114. The van der Waals surface area contributed by atoms with Crippen LogP contribution in [0.1, 0.15) is 23.1 Å². The third-order valence-corrected chi connectivity index (χ3v) is 5.02. The van der Waals surface area contributed by atoms with Crippen LogP contribution in [0.2, 0.25) is 0 Å². The van der Waals surface area contributed by atoms with Crippen LogP contribution in [-0.2, 0) is 10.3 Å². The van der Waals surface area contributed by atoms with Crippen LogP contribution in [0, 0.1) is 0 Å². The molecule has 4 rings (SSSR count). The van der Waals surface area contributed by atoms with Crippen molar-refractivity contribution in [1.82, 2.24) is 10.9 Å². The van der Waals surface area contributed by atoms with Gasteiger partial charge in [0, 0.05) is 12.6 Å². The number of carbonyl (C=O) groups excluding carboxylic acids is 1. The van der Waals surface area contributed by atoms with Crippen LogP contribution in [0.15, 0.2) is 107 Å². The SMILES string of the molecule is O=C(N/N=C/C=C/c1ccccc1)C1=NNC(c2ccccc2)(c2ccccc2)C1. The number of carbonyl (C=O) groups is 1. The number of nitrogens with one attached hydrogen (secondary N) is 2. The Balaban J connectivity index is 1.45. The second-order valence-electron chi connectivity index (χ2n) is 6.97. The van der Waals surface area contributed by atoms with E-state index in [-0.39, 0.29) is 5.91 Å². The quantitative estimate of drug-likeness (QED) is 0.488. The van der Waals surface area contributed by atoms with E-state index in [9.17, 15) is 4.79 Å². The molecule has 30 heavy (non-hydrogen) atoms. The van der Waals surface area contributed by atoms with Gasteiger partial charge in [0.1, 0.15) is 11.3 Å². The largest absolute Gasteiger partial charge is 0.294 e. The Morgan fingerprint density at radius 1 is 0.900 bits per heavy atom. The first-order valence-electron chi connectivity index (χ1n) is 9.78. The Morgan fingerprint density at radius 3 is 2.07 bits per heavy atom. The molecule has 0 bridgehead atoms. The minimum atomic E-state index is -0.577. The smallest absolute Gasteiger partial charge is 0.287 e. The van der Waals surface area contributed by atoms with Gasteiger partial charge in [0.05, 0.1) is 0 Å². The molecule has 1 aliphatic rings. The van der Waals surface area contributed by atoms with Crippen molar-refractivity contribution < 1.29 is 4.79 Å². The summed E-state index contributed by atoms with van der Waals surface area (Å²) in [5.74, 6) is -0.319. The van der Waals surface area contributed by atoms with Crippen molar-refractivity contribution in [1.29, 1.82) is 0 Å². The summed E-state index contributed by atoms with van der Waals surface area (Å²) in [4.78, 5) is 12.6. The van der Waals surface area contributed by atoms with Crippen LogP contribution < -0.4 is 10.9 Å². The number of nitrogens with zero attached hydrogens (tertiary/aromatic N) is 2. The van der Waals surface area contributed by atoms with E-state index < -0.39 is 5.54 Å². The lowest BCUT2D eigenvalue weighted by Crippen LogP contribution is -2.38. The van der Waals surface area contributed by atoms with Crippen LogP contribution in [-0.4, -0.2) is 17.8 Å². The summed E-state index contributed by atoms with van der Waals surface area (Å²) in [6, 6.07) is 30.0. The van der Waals surface area contributed by atoms with Crippen molar-refractivity contribution in [3.63, 3.8) is 0 Å². The topological polar surface area (TPSA) is 65.8 Å². The molecule has 0 saturated heterocycles. The summed E-state index contributed by atoms with van der Waals surface area (Å²) < 4.78 is 0. The zero-order chi connectivity index (χ0) is 20.7. The number of hydrogen-bond donors (Lipinski definition) is 2. The molecular weight excluding hydrogens is 372 g/mol. The minimum Gasteiger partial charge on any atom is -0.294 e. The summed E-state index contributed by atoms with van der Waals surface area (Å²) in [5, 5.41) is 8.36. The zero-order valence-corrected chi connectivity index (χ0v) is 16.4. The highest BCUT2D eigenvalue weighted by molar-refractivity contribution is 6.39. The molecule has 0 atom stereocenters. The molecule has 0 aliphatic carbocycles. The number of rotatable bonds is 6. The molecule has 0 spiro atoms. The van der Waals surface area contributed by atoms with Gasteiger partial charge in [-0.05, 0) is 22.8 Å². The van der Waals surface area contributed by atoms with Crippen molar-refractivity contribution in [2.24, 2.45) is 10.2 Å². The standard InChI is InChI=1S/C25H22N4O/c30-24(28-26-18-10-13-20-11-4-1-5-12-20)23-19-25(29-27-23,21-14-6-2-7-15-21)22-16-8-3-9-17-22/h1-18,29H,19H2,(H,28,30)/b13-10+,26-18+. The summed E-state index contributed by atoms with van der Waals surface area (Å²) in [6.07, 6.45) is 5.68. The highest BCUT2D eigenvalue weighted by Crippen LogP contribution is 2.36. The Kier molecular flexibility index (Phi) is 5.80. The monoisotopic (exact) mass is 394 g/mol. The normalized spacial score (nSPS) is 15.1. The average Bonchev–Trinajstić information content (AvgIpc) is 3.28. The Bertz CT molecular complexity index is 1030. The maximum atomic E-state index is 12.6. The van der Waals surface area contributed by atoms with E-state index in [1.54, 1.807) is 12.3 Å². The highest BCUT2D eigenvalue weighted by atomic mass is 16.2. The maximum absolute atomic E-state index is 12.6. The number of amides is 1. The van der Waals surface area contributed by atoms with Gasteiger partial charge in [0.15, 0.2) is 0 Å². The van der Waals surface area contributed by atoms with Crippen LogP contribution in [0.5, 0.6) is 0 Å². The lowest BCUT2D eigenvalue weighted by atomic mass is 9.80. The molecule has 0 fully saturated rings. The van der Waals surface area contributed by atoms with Gasteiger partial charge in [-0.2, -0.15) is 10.2 Å². The molecule has 2 N–H and O–H groups in total. The first kappa shape index (κ1) is 19.3. The van der Waals surface area contributed by atoms with Crippen molar-refractivity contribution >= 4 is 23.9 Å². The summed E-state index contributed by atoms with van der Waals surface area (Å²) in [6.45, 7) is 0. The van der Waals surface area contributed by atoms with Gasteiger partial charge >= 0.3 is 0 Å². The van der Waals surface area contributed by atoms with E-state index >= 15 is 0 Å². The summed E-state index contributed by atoms with van der Waals surface area (Å²) in [7, 11) is 0. The maximum Gasteiger partial charge on any atom is 0.287 e. The molecule has 0 aromatic heterocycles. The molecule has 1 heterocycles. The molecule has 5 heteroatoms. The minimum absolute atomic E-state index is 0.319. The molecule has 1 aliphatic heterocycles. The van der Waals surface area contributed by atoms with E-state index in [1.807, 2.05) is 97.1 Å². The average molecular weight is 394 g/mol. The summed E-state index contributed by atoms with van der Waals surface area (Å²) >= 11 is 0. The predicted molar refractivity (Wildman–Crippen MR) is 121 cm³/mol. The van der Waals surface area contributed by atoms with E-state index in [2.05, 4.69) is 21.1 Å². The Labute approximate surface area is 175 Å². The van der Waals surface area contributed by atoms with Crippen LogP contribution in [0.25, 0.3) is 6.08 Å². The molecule has 5 nitrogen and oxygen atoms in total. The molecule has 1 amide bonds. The Hall–Kier alpha value is -3.99. The van der Waals surface area contributed by atoms with Gasteiger partial charge in [-0.25, -0.2) is 5.43 Å². The van der Waals surface area contributed by atoms with E-state index in [0.717, 1.165) is 16.7 Å². The fourth-order valence-corrected chi connectivity index (χ4v) is 3.49. The third kappa shape index (κ3) is 4.20. The molecule has 148 valence electrons. The van der Waals surface area contributed by atoms with Gasteiger partial charge in [-0.1, -0.05) is 97.1 Å². The van der Waals surface area contributed by atoms with Crippen LogP contribution in [0.3, 0.4) is 0 Å². The van der Waals surface area contributed by atoms with Crippen molar-refractivity contribution in [3.05, 3.63) is 114 Å². The Morgan fingerprint density at radius 2 is 1.47 bits per heavy atom. The molecule has 0 unspecified atom stereocenters. The summed E-state index contributed by atoms with van der Waals surface area (Å²) in [5.41, 5.74) is 8.78. The van der Waals surface area contributed by atoms with Gasteiger partial charge in [0.25, 0.3) is 5.91 Å². The molecular formula is C25H22N4O. The lowest BCUT2D eigenvalue weighted by Gasteiger charge is -2.30. The second kappa shape index (κ2) is 9.01. The molecule has 3 aromatic rings. The van der Waals surface area contributed by atoms with E-state index in [0.29, 0.717) is 12.1 Å². The fourth-order valence-electron chi connectivity index (χ4n) is 3.49. The van der Waals surface area contributed by atoms with Gasteiger partial charge in [0.2, 0.25) is 0 Å². The predicted octanol–water partition coefficient (Wildman–Crippen LogP) is 4.09. The highest BCUT2D eigenvalue weighted by Gasteiger charge is 2.41. The second-order valence-corrected chi connectivity index (χ2v) is 6.97. The van der Waals surface area contributed by atoms with Crippen molar-refractivity contribution in [2.45, 2.75) is 12.0 Å². The van der Waals surface area contributed by atoms with E-state index in [4.69, 9.17) is 0 Å². The van der Waals surface area contributed by atoms with Gasteiger partial charge in [-0.3, -0.25) is 10.2 Å². The van der Waals surface area contributed by atoms with Gasteiger partial charge < -0.3 is 0 Å². The van der Waals surface area contributed by atoms with Crippen molar-refractivity contribution in [3.8, 4) is 0 Å². The first-order valence-corrected chi connectivity index (χ1v) is 9.78. The zero-order valence-electron chi connectivity index (χ0n) is 16.4. The number of hydrazone groups is 2. The molecule has 0 radical (unpaired) electrons. The molecule has 3 aromatic carbocycles. The van der Waals surface area contributed by atoms with Gasteiger partial charge in [-0.15, -0.1) is 0 Å². The number of allylic oxidation sites excluding steroid dienone is 1. The van der Waals surface area contributed by atoms with Crippen LogP contribution in [0.4, 0.5) is 0 Å². The molecule has 0 saturated carbocycles.